The third kappa shape index (κ3) is 3.57. The molecule has 0 aliphatic carbocycles. The van der Waals surface area contributed by atoms with Crippen LogP contribution in [0.3, 0.4) is 0 Å². The van der Waals surface area contributed by atoms with Crippen molar-refractivity contribution >= 4 is 18.5 Å². The zero-order chi connectivity index (χ0) is 12.8. The van der Waals surface area contributed by atoms with E-state index in [1.54, 1.807) is 0 Å². The van der Waals surface area contributed by atoms with Crippen molar-refractivity contribution in [2.75, 3.05) is 19.7 Å². The van der Waals surface area contributed by atoms with E-state index in [1.165, 1.54) is 29.2 Å². The summed E-state index contributed by atoms with van der Waals surface area (Å²) in [5.74, 6) is -1.08. The summed E-state index contributed by atoms with van der Waals surface area (Å²) in [4.78, 5) is 13.8. The molecule has 1 aromatic rings. The number of carbonyl (C=O) groups excluding carboxylic acids is 1. The van der Waals surface area contributed by atoms with Crippen LogP contribution in [0.2, 0.25) is 0 Å². The number of nitrogens with zero attached hydrogens (tertiary/aromatic N) is 1. The molecule has 0 aliphatic heterocycles. The van der Waals surface area contributed by atoms with Gasteiger partial charge in [0.1, 0.15) is 5.82 Å². The van der Waals surface area contributed by atoms with Gasteiger partial charge < -0.3 is 10.0 Å². The minimum Gasteiger partial charge on any atom is -0.395 e. The number of carbonyl (C=O) groups is 1. The van der Waals surface area contributed by atoms with Crippen LogP contribution in [0.1, 0.15) is 10.4 Å². The molecule has 5 heteroatoms. The Hall–Kier alpha value is -1.33. The predicted octanol–water partition coefficient (Wildman–Crippen LogP) is 1.73. The molecule has 1 aromatic carbocycles. The van der Waals surface area contributed by atoms with E-state index in [0.717, 1.165) is 0 Å². The molecule has 0 saturated carbocycles. The molecular formula is C12H14FNO2S. The lowest BCUT2D eigenvalue weighted by molar-refractivity contribution is 0.0738. The van der Waals surface area contributed by atoms with Crippen LogP contribution in [-0.4, -0.2) is 35.6 Å². The van der Waals surface area contributed by atoms with Crippen molar-refractivity contribution in [1.29, 1.82) is 0 Å². The number of thiol groups is 1. The van der Waals surface area contributed by atoms with E-state index in [1.807, 2.05) is 0 Å². The first-order valence-electron chi connectivity index (χ1n) is 5.09. The Morgan fingerprint density at radius 2 is 2.29 bits per heavy atom. The third-order valence-electron chi connectivity index (χ3n) is 2.19. The minimum absolute atomic E-state index is 0.0483. The monoisotopic (exact) mass is 255 g/mol. The van der Waals surface area contributed by atoms with Crippen LogP contribution < -0.4 is 0 Å². The van der Waals surface area contributed by atoms with Crippen LogP contribution in [0.5, 0.6) is 0 Å². The Balaban J connectivity index is 2.99. The van der Waals surface area contributed by atoms with Gasteiger partial charge in [0.15, 0.2) is 0 Å². The first-order chi connectivity index (χ1) is 8.10. The SMILES string of the molecule is C=CCN(CCO)C(=O)c1cc(S)ccc1F. The fraction of sp³-hybridized carbons (Fsp3) is 0.250. The lowest BCUT2D eigenvalue weighted by Crippen LogP contribution is -2.34. The maximum absolute atomic E-state index is 13.5. The van der Waals surface area contributed by atoms with E-state index >= 15 is 0 Å². The van der Waals surface area contributed by atoms with Crippen molar-refractivity contribution in [3.05, 3.63) is 42.2 Å². The Labute approximate surface area is 105 Å². The highest BCUT2D eigenvalue weighted by molar-refractivity contribution is 7.80. The lowest BCUT2D eigenvalue weighted by atomic mass is 10.2. The van der Waals surface area contributed by atoms with Crippen molar-refractivity contribution in [2.24, 2.45) is 0 Å². The quantitative estimate of drug-likeness (QED) is 0.621. The van der Waals surface area contributed by atoms with Crippen LogP contribution in [0, 0.1) is 5.82 Å². The Morgan fingerprint density at radius 1 is 1.59 bits per heavy atom. The molecule has 1 rings (SSSR count). The first-order valence-corrected chi connectivity index (χ1v) is 5.54. The number of halogens is 1. The topological polar surface area (TPSA) is 40.5 Å². The van der Waals surface area contributed by atoms with E-state index in [9.17, 15) is 9.18 Å². The van der Waals surface area contributed by atoms with Crippen molar-refractivity contribution in [2.45, 2.75) is 4.90 Å². The summed E-state index contributed by atoms with van der Waals surface area (Å²) in [5.41, 5.74) is -0.0483. The molecule has 1 amide bonds. The van der Waals surface area contributed by atoms with Gasteiger partial charge in [0.2, 0.25) is 0 Å². The zero-order valence-corrected chi connectivity index (χ0v) is 10.2. The smallest absolute Gasteiger partial charge is 0.257 e. The third-order valence-corrected chi connectivity index (χ3v) is 2.47. The molecule has 1 N–H and O–H groups in total. The summed E-state index contributed by atoms with van der Waals surface area (Å²) in [5, 5.41) is 8.85. The summed E-state index contributed by atoms with van der Waals surface area (Å²) in [6, 6.07) is 4.04. The molecule has 0 heterocycles. The summed E-state index contributed by atoms with van der Waals surface area (Å²) >= 11 is 4.06. The van der Waals surface area contributed by atoms with Crippen molar-refractivity contribution in [3.8, 4) is 0 Å². The van der Waals surface area contributed by atoms with E-state index in [2.05, 4.69) is 19.2 Å². The van der Waals surface area contributed by atoms with Crippen molar-refractivity contribution in [1.82, 2.24) is 4.90 Å². The highest BCUT2D eigenvalue weighted by Gasteiger charge is 2.18. The minimum atomic E-state index is -0.597. The molecule has 92 valence electrons. The van der Waals surface area contributed by atoms with E-state index in [-0.39, 0.29) is 25.3 Å². The van der Waals surface area contributed by atoms with Gasteiger partial charge in [-0.05, 0) is 18.2 Å². The van der Waals surface area contributed by atoms with Crippen LogP contribution in [0.15, 0.2) is 35.7 Å². The molecular weight excluding hydrogens is 241 g/mol. The van der Waals surface area contributed by atoms with Gasteiger partial charge in [-0.1, -0.05) is 6.08 Å². The maximum Gasteiger partial charge on any atom is 0.257 e. The molecule has 0 fully saturated rings. The fourth-order valence-electron chi connectivity index (χ4n) is 1.40. The second-order valence-corrected chi connectivity index (χ2v) is 3.94. The Morgan fingerprint density at radius 3 is 2.88 bits per heavy atom. The second kappa shape index (κ2) is 6.42. The van der Waals surface area contributed by atoms with Gasteiger partial charge in [0, 0.05) is 18.0 Å². The molecule has 0 radical (unpaired) electrons. The van der Waals surface area contributed by atoms with Gasteiger partial charge >= 0.3 is 0 Å². The molecule has 0 bridgehead atoms. The van der Waals surface area contributed by atoms with Gasteiger partial charge in [-0.25, -0.2) is 4.39 Å². The van der Waals surface area contributed by atoms with Crippen LogP contribution in [-0.2, 0) is 0 Å². The fourth-order valence-corrected chi connectivity index (χ4v) is 1.60. The second-order valence-electron chi connectivity index (χ2n) is 3.43. The number of rotatable bonds is 5. The first kappa shape index (κ1) is 13.7. The largest absolute Gasteiger partial charge is 0.395 e. The molecule has 0 aliphatic rings. The van der Waals surface area contributed by atoms with Crippen LogP contribution in [0.4, 0.5) is 4.39 Å². The maximum atomic E-state index is 13.5. The van der Waals surface area contributed by atoms with Crippen molar-refractivity contribution in [3.63, 3.8) is 0 Å². The van der Waals surface area contributed by atoms with Crippen LogP contribution in [0.25, 0.3) is 0 Å². The molecule has 17 heavy (non-hydrogen) atoms. The molecule has 0 atom stereocenters. The molecule has 0 unspecified atom stereocenters. The number of hydrogen-bond acceptors (Lipinski definition) is 3. The number of aliphatic hydroxyl groups excluding tert-OH is 1. The Kier molecular flexibility index (Phi) is 5.18. The number of amides is 1. The van der Waals surface area contributed by atoms with E-state index in [0.29, 0.717) is 4.90 Å². The van der Waals surface area contributed by atoms with Gasteiger partial charge in [-0.2, -0.15) is 0 Å². The van der Waals surface area contributed by atoms with Gasteiger partial charge in [-0.3, -0.25) is 4.79 Å². The average Bonchev–Trinajstić information content (AvgIpc) is 2.31. The summed E-state index contributed by atoms with van der Waals surface area (Å²) < 4.78 is 13.5. The summed E-state index contributed by atoms with van der Waals surface area (Å²) in [6.07, 6.45) is 1.52. The molecule has 3 nitrogen and oxygen atoms in total. The highest BCUT2D eigenvalue weighted by atomic mass is 32.1. The van der Waals surface area contributed by atoms with Gasteiger partial charge in [0.05, 0.1) is 12.2 Å². The van der Waals surface area contributed by atoms with Crippen molar-refractivity contribution < 1.29 is 14.3 Å². The zero-order valence-electron chi connectivity index (χ0n) is 9.27. The summed E-state index contributed by atoms with van der Waals surface area (Å²) in [6.45, 7) is 3.74. The number of benzene rings is 1. The molecule has 0 saturated heterocycles. The normalized spacial score (nSPS) is 10.1. The van der Waals surface area contributed by atoms with Gasteiger partial charge in [-0.15, -0.1) is 19.2 Å². The lowest BCUT2D eigenvalue weighted by Gasteiger charge is -2.20. The van der Waals surface area contributed by atoms with E-state index < -0.39 is 11.7 Å². The van der Waals surface area contributed by atoms with Crippen LogP contribution >= 0.6 is 12.6 Å². The standard InChI is InChI=1S/C12H14FNO2S/c1-2-5-14(6-7-15)12(16)10-8-9(17)3-4-11(10)13/h2-4,8,15,17H,1,5-7H2. The molecule has 0 aromatic heterocycles. The van der Waals surface area contributed by atoms with E-state index in [4.69, 9.17) is 5.11 Å². The average molecular weight is 255 g/mol. The number of aliphatic hydroxyl groups is 1. The molecule has 0 spiro atoms. The predicted molar refractivity (Wildman–Crippen MR) is 66.8 cm³/mol. The van der Waals surface area contributed by atoms with Gasteiger partial charge in [0.25, 0.3) is 5.91 Å². The Bertz CT molecular complexity index is 423. The summed E-state index contributed by atoms with van der Waals surface area (Å²) in [7, 11) is 0. The highest BCUT2D eigenvalue weighted by Crippen LogP contribution is 2.15. The number of hydrogen-bond donors (Lipinski definition) is 2.